The molecule has 2 aromatic carbocycles. The second kappa shape index (κ2) is 7.97. The summed E-state index contributed by atoms with van der Waals surface area (Å²) in [4.78, 5) is 24.4. The molecule has 25 heavy (non-hydrogen) atoms. The fourth-order valence-electron chi connectivity index (χ4n) is 3.35. The second-order valence-electron chi connectivity index (χ2n) is 6.47. The molecule has 1 N–H and O–H groups in total. The van der Waals surface area contributed by atoms with Crippen molar-refractivity contribution in [3.63, 3.8) is 0 Å². The number of esters is 1. The van der Waals surface area contributed by atoms with Crippen molar-refractivity contribution in [2.75, 3.05) is 7.11 Å². The molecule has 0 bridgehead atoms. The van der Waals surface area contributed by atoms with Crippen molar-refractivity contribution in [1.82, 2.24) is 5.32 Å². The topological polar surface area (TPSA) is 55.4 Å². The number of benzene rings is 2. The van der Waals surface area contributed by atoms with E-state index in [1.54, 1.807) is 0 Å². The molecule has 0 unspecified atom stereocenters. The van der Waals surface area contributed by atoms with Gasteiger partial charge in [-0.3, -0.25) is 4.79 Å². The lowest BCUT2D eigenvalue weighted by Crippen LogP contribution is -2.43. The maximum absolute atomic E-state index is 12.4. The van der Waals surface area contributed by atoms with Gasteiger partial charge in [-0.2, -0.15) is 0 Å². The average Bonchev–Trinajstić information content (AvgIpc) is 3.09. The van der Waals surface area contributed by atoms with Crippen LogP contribution in [0.2, 0.25) is 0 Å². The van der Waals surface area contributed by atoms with E-state index in [9.17, 15) is 9.59 Å². The fraction of sp³-hybridized carbons (Fsp3) is 0.333. The number of hydrogen-bond acceptors (Lipinski definition) is 3. The molecule has 0 spiro atoms. The normalized spacial score (nSPS) is 13.8. The predicted molar refractivity (Wildman–Crippen MR) is 96.3 cm³/mol. The van der Waals surface area contributed by atoms with Gasteiger partial charge >= 0.3 is 5.97 Å². The molecule has 130 valence electrons. The van der Waals surface area contributed by atoms with Crippen LogP contribution < -0.4 is 5.32 Å². The van der Waals surface area contributed by atoms with Crippen LogP contribution in [0.5, 0.6) is 0 Å². The highest BCUT2D eigenvalue weighted by atomic mass is 16.5. The monoisotopic (exact) mass is 337 g/mol. The number of aryl methyl sites for hydroxylation is 2. The molecule has 0 heterocycles. The Morgan fingerprint density at radius 1 is 1.04 bits per heavy atom. The Morgan fingerprint density at radius 3 is 2.56 bits per heavy atom. The highest BCUT2D eigenvalue weighted by Crippen LogP contribution is 2.23. The Labute approximate surface area is 148 Å². The summed E-state index contributed by atoms with van der Waals surface area (Å²) in [5.41, 5.74) is 4.71. The van der Waals surface area contributed by atoms with Crippen molar-refractivity contribution in [2.45, 2.75) is 38.1 Å². The van der Waals surface area contributed by atoms with E-state index in [2.05, 4.69) is 17.4 Å². The summed E-state index contributed by atoms with van der Waals surface area (Å²) in [7, 11) is 1.34. The van der Waals surface area contributed by atoms with E-state index in [0.717, 1.165) is 24.0 Å². The SMILES string of the molecule is COC(=O)[C@H](Cc1ccccc1)NC(=O)Cc1ccc2c(c1)CCC2. The molecule has 0 fully saturated rings. The molecular weight excluding hydrogens is 314 g/mol. The van der Waals surface area contributed by atoms with E-state index in [1.165, 1.54) is 24.7 Å². The highest BCUT2D eigenvalue weighted by Gasteiger charge is 2.22. The van der Waals surface area contributed by atoms with Crippen molar-refractivity contribution in [2.24, 2.45) is 0 Å². The van der Waals surface area contributed by atoms with Crippen LogP contribution in [-0.4, -0.2) is 25.0 Å². The third-order valence-electron chi connectivity index (χ3n) is 4.63. The van der Waals surface area contributed by atoms with Crippen LogP contribution in [0.15, 0.2) is 48.5 Å². The zero-order chi connectivity index (χ0) is 17.6. The number of carbonyl (C=O) groups is 2. The van der Waals surface area contributed by atoms with Crippen LogP contribution in [-0.2, 0) is 40.0 Å². The van der Waals surface area contributed by atoms with Crippen LogP contribution in [0, 0.1) is 0 Å². The maximum Gasteiger partial charge on any atom is 0.328 e. The van der Waals surface area contributed by atoms with E-state index < -0.39 is 12.0 Å². The van der Waals surface area contributed by atoms with Gasteiger partial charge in [0.15, 0.2) is 0 Å². The summed E-state index contributed by atoms with van der Waals surface area (Å²) in [5.74, 6) is -0.588. The van der Waals surface area contributed by atoms with E-state index in [-0.39, 0.29) is 12.3 Å². The van der Waals surface area contributed by atoms with Crippen molar-refractivity contribution in [1.29, 1.82) is 0 Å². The summed E-state index contributed by atoms with van der Waals surface area (Å²) in [6.45, 7) is 0. The number of amides is 1. The first kappa shape index (κ1) is 17.2. The van der Waals surface area contributed by atoms with Crippen LogP contribution in [0.3, 0.4) is 0 Å². The van der Waals surface area contributed by atoms with Gasteiger partial charge in [0.1, 0.15) is 6.04 Å². The van der Waals surface area contributed by atoms with E-state index in [0.29, 0.717) is 6.42 Å². The van der Waals surface area contributed by atoms with Gasteiger partial charge in [-0.1, -0.05) is 48.5 Å². The van der Waals surface area contributed by atoms with Crippen molar-refractivity contribution >= 4 is 11.9 Å². The second-order valence-corrected chi connectivity index (χ2v) is 6.47. The average molecular weight is 337 g/mol. The third-order valence-corrected chi connectivity index (χ3v) is 4.63. The molecule has 0 radical (unpaired) electrons. The van der Waals surface area contributed by atoms with Gasteiger partial charge in [0.05, 0.1) is 13.5 Å². The van der Waals surface area contributed by atoms with Crippen LogP contribution in [0.25, 0.3) is 0 Å². The highest BCUT2D eigenvalue weighted by molar-refractivity contribution is 5.85. The van der Waals surface area contributed by atoms with Gasteiger partial charge in [0.25, 0.3) is 0 Å². The Morgan fingerprint density at radius 2 is 1.80 bits per heavy atom. The minimum absolute atomic E-state index is 0.163. The first-order valence-electron chi connectivity index (χ1n) is 8.67. The molecule has 1 atom stereocenters. The van der Waals surface area contributed by atoms with Gasteiger partial charge in [-0.25, -0.2) is 4.79 Å². The van der Waals surface area contributed by atoms with Gasteiger partial charge in [-0.05, 0) is 41.5 Å². The lowest BCUT2D eigenvalue weighted by atomic mass is 10.0. The first-order valence-corrected chi connectivity index (χ1v) is 8.67. The summed E-state index contributed by atoms with van der Waals surface area (Å²) < 4.78 is 4.84. The zero-order valence-corrected chi connectivity index (χ0v) is 14.5. The van der Waals surface area contributed by atoms with Crippen LogP contribution in [0.4, 0.5) is 0 Å². The lowest BCUT2D eigenvalue weighted by molar-refractivity contribution is -0.145. The molecule has 0 aliphatic heterocycles. The zero-order valence-electron chi connectivity index (χ0n) is 14.5. The van der Waals surface area contributed by atoms with Gasteiger partial charge < -0.3 is 10.1 Å². The summed E-state index contributed by atoms with van der Waals surface area (Å²) in [5, 5.41) is 2.82. The number of rotatable bonds is 6. The molecule has 1 aliphatic rings. The van der Waals surface area contributed by atoms with E-state index >= 15 is 0 Å². The molecule has 4 nitrogen and oxygen atoms in total. The van der Waals surface area contributed by atoms with Gasteiger partial charge in [0, 0.05) is 6.42 Å². The summed E-state index contributed by atoms with van der Waals surface area (Å²) in [6.07, 6.45) is 4.10. The number of carbonyl (C=O) groups excluding carboxylic acids is 2. The Balaban J connectivity index is 1.64. The summed E-state index contributed by atoms with van der Waals surface area (Å²) in [6, 6.07) is 15.2. The molecule has 0 saturated carbocycles. The molecule has 1 amide bonds. The van der Waals surface area contributed by atoms with Crippen molar-refractivity contribution in [3.8, 4) is 0 Å². The number of methoxy groups -OCH3 is 1. The lowest BCUT2D eigenvalue weighted by Gasteiger charge is -2.17. The maximum atomic E-state index is 12.4. The fourth-order valence-corrected chi connectivity index (χ4v) is 3.35. The first-order chi connectivity index (χ1) is 12.2. The van der Waals surface area contributed by atoms with E-state index in [4.69, 9.17) is 4.74 Å². The molecule has 4 heteroatoms. The summed E-state index contributed by atoms with van der Waals surface area (Å²) >= 11 is 0. The van der Waals surface area contributed by atoms with Gasteiger partial charge in [0.2, 0.25) is 5.91 Å². The molecule has 0 saturated heterocycles. The molecule has 3 rings (SSSR count). The number of hydrogen-bond donors (Lipinski definition) is 1. The molecular formula is C21H23NO3. The largest absolute Gasteiger partial charge is 0.467 e. The number of fused-ring (bicyclic) bond motifs is 1. The standard InChI is InChI=1S/C21H23NO3/c1-25-21(24)19(13-15-6-3-2-4-7-15)22-20(23)14-16-10-11-17-8-5-9-18(17)12-16/h2-4,6-7,10-12,19H,5,8-9,13-14H2,1H3,(H,22,23)/t19-/m0/s1. The predicted octanol–water partition coefficient (Wildman–Crippen LogP) is 2.62. The van der Waals surface area contributed by atoms with Crippen LogP contribution >= 0.6 is 0 Å². The smallest absolute Gasteiger partial charge is 0.328 e. The van der Waals surface area contributed by atoms with Crippen molar-refractivity contribution in [3.05, 3.63) is 70.8 Å². The number of ether oxygens (including phenoxy) is 1. The van der Waals surface area contributed by atoms with Crippen LogP contribution in [0.1, 0.15) is 28.7 Å². The van der Waals surface area contributed by atoms with E-state index in [1.807, 2.05) is 36.4 Å². The van der Waals surface area contributed by atoms with Gasteiger partial charge in [-0.15, -0.1) is 0 Å². The quantitative estimate of drug-likeness (QED) is 0.825. The number of nitrogens with one attached hydrogen (secondary N) is 1. The minimum Gasteiger partial charge on any atom is -0.467 e. The molecule has 1 aliphatic carbocycles. The molecule has 2 aromatic rings. The van der Waals surface area contributed by atoms with Crippen molar-refractivity contribution < 1.29 is 14.3 Å². The molecule has 0 aromatic heterocycles. The Kier molecular flexibility index (Phi) is 5.49. The Bertz CT molecular complexity index is 755. The Hall–Kier alpha value is -2.62. The third kappa shape index (κ3) is 4.47. The minimum atomic E-state index is -0.672.